The van der Waals surface area contributed by atoms with Crippen molar-refractivity contribution in [1.82, 2.24) is 15.1 Å². The van der Waals surface area contributed by atoms with Gasteiger partial charge in [0, 0.05) is 10.4 Å². The predicted molar refractivity (Wildman–Crippen MR) is 153 cm³/mol. The highest BCUT2D eigenvalue weighted by Gasteiger charge is 2.32. The van der Waals surface area contributed by atoms with E-state index in [1.807, 2.05) is 24.3 Å². The smallest absolute Gasteiger partial charge is 0.229 e. The first-order chi connectivity index (χ1) is 18.3. The molecule has 2 aromatic carbocycles. The number of sulfonamides is 1. The summed E-state index contributed by atoms with van der Waals surface area (Å²) in [6, 6.07) is 13.7. The molecule has 10 heteroatoms. The molecule has 0 aliphatic heterocycles. The number of nitrogens with zero attached hydrogens (tertiary/aromatic N) is 2. The lowest BCUT2D eigenvalue weighted by Gasteiger charge is -2.30. The Bertz CT molecular complexity index is 1440. The van der Waals surface area contributed by atoms with Crippen molar-refractivity contribution in [1.29, 1.82) is 0 Å². The molecule has 0 bridgehead atoms. The number of carbonyl (C=O) groups is 1. The normalized spacial score (nSPS) is 15.6. The molecule has 1 saturated carbocycles. The van der Waals surface area contributed by atoms with E-state index in [-0.39, 0.29) is 29.5 Å². The highest BCUT2D eigenvalue weighted by Crippen LogP contribution is 2.37. The van der Waals surface area contributed by atoms with Gasteiger partial charge in [-0.3, -0.25) is 9.52 Å². The molecule has 3 aromatic rings. The van der Waals surface area contributed by atoms with Crippen molar-refractivity contribution >= 4 is 33.2 Å². The second kappa shape index (κ2) is 11.7. The van der Waals surface area contributed by atoms with Crippen LogP contribution in [0.1, 0.15) is 75.7 Å². The summed E-state index contributed by atoms with van der Waals surface area (Å²) < 4.78 is 42.1. The lowest BCUT2D eigenvalue weighted by atomic mass is 9.76. The van der Waals surface area contributed by atoms with Crippen LogP contribution >= 0.6 is 11.6 Å². The lowest BCUT2D eigenvalue weighted by molar-refractivity contribution is -0.124. The zero-order chi connectivity index (χ0) is 28.4. The predicted octanol–water partition coefficient (Wildman–Crippen LogP) is 6.31. The van der Waals surface area contributed by atoms with Gasteiger partial charge in [0.1, 0.15) is 5.82 Å². The van der Waals surface area contributed by atoms with Gasteiger partial charge in [-0.2, -0.15) is 5.10 Å². The van der Waals surface area contributed by atoms with E-state index < -0.39 is 21.8 Å². The molecule has 1 amide bonds. The molecule has 1 atom stereocenters. The zero-order valence-corrected chi connectivity index (χ0v) is 24.4. The average molecular weight is 575 g/mol. The van der Waals surface area contributed by atoms with Gasteiger partial charge in [-0.05, 0) is 60.7 Å². The first-order valence-corrected chi connectivity index (χ1v) is 15.5. The van der Waals surface area contributed by atoms with Crippen LogP contribution in [0.4, 0.5) is 10.1 Å². The number of carbonyl (C=O) groups excluding carboxylic acids is 1. The Hall–Kier alpha value is -2.91. The Morgan fingerprint density at radius 3 is 2.46 bits per heavy atom. The minimum absolute atomic E-state index is 0.0647. The van der Waals surface area contributed by atoms with Crippen molar-refractivity contribution in [2.75, 3.05) is 11.0 Å². The van der Waals surface area contributed by atoms with Gasteiger partial charge in [-0.15, -0.1) is 0 Å². The Balaban J connectivity index is 1.63. The van der Waals surface area contributed by atoms with Gasteiger partial charge >= 0.3 is 0 Å². The summed E-state index contributed by atoms with van der Waals surface area (Å²) in [5, 5.41) is 8.49. The monoisotopic (exact) mass is 574 g/mol. The maximum atomic E-state index is 14.9. The number of amides is 1. The van der Waals surface area contributed by atoms with Crippen molar-refractivity contribution < 1.29 is 17.6 Å². The summed E-state index contributed by atoms with van der Waals surface area (Å²) >= 11 is 6.25. The molecule has 0 spiro atoms. The highest BCUT2D eigenvalue weighted by atomic mass is 35.5. The molecule has 7 nitrogen and oxygen atoms in total. The summed E-state index contributed by atoms with van der Waals surface area (Å²) in [5.41, 5.74) is 2.68. The molecule has 1 fully saturated rings. The van der Waals surface area contributed by atoms with E-state index in [4.69, 9.17) is 16.7 Å². The maximum Gasteiger partial charge on any atom is 0.229 e. The zero-order valence-electron chi connectivity index (χ0n) is 22.8. The van der Waals surface area contributed by atoms with Gasteiger partial charge in [0.05, 0.1) is 41.5 Å². The molecule has 1 heterocycles. The van der Waals surface area contributed by atoms with Crippen LogP contribution in [0.25, 0.3) is 5.69 Å². The van der Waals surface area contributed by atoms with Gasteiger partial charge in [0.15, 0.2) is 0 Å². The van der Waals surface area contributed by atoms with Crippen molar-refractivity contribution in [3.8, 4) is 5.69 Å². The third-order valence-corrected chi connectivity index (χ3v) is 7.93. The summed E-state index contributed by atoms with van der Waals surface area (Å²) in [6.07, 6.45) is 5.86. The van der Waals surface area contributed by atoms with Crippen LogP contribution in [0.3, 0.4) is 0 Å². The number of rotatable bonds is 8. The molecule has 1 unspecified atom stereocenters. The summed E-state index contributed by atoms with van der Waals surface area (Å²) in [4.78, 5) is 13.8. The maximum absolute atomic E-state index is 14.9. The van der Waals surface area contributed by atoms with Crippen LogP contribution in [0.5, 0.6) is 0 Å². The molecular formula is C29H36ClFN4O3S. The van der Waals surface area contributed by atoms with Crippen LogP contribution < -0.4 is 10.0 Å². The standard InChI is InChI=1S/C29H36ClFN4O3S/c1-29(2,3)26-17-23(35(33-26)22-12-8-11-21(30)16-22)18-32-28(36)27(19-9-6-5-7-10-19)20-13-14-25(24(31)15-20)34-39(4,37)38/h8,11-17,19,27,34H,5-7,9-10,18H2,1-4H3,(H,32,36). The minimum atomic E-state index is -3.63. The number of halogens is 2. The van der Waals surface area contributed by atoms with E-state index in [0.29, 0.717) is 10.6 Å². The second-order valence-corrected chi connectivity index (χ2v) is 13.6. The largest absolute Gasteiger partial charge is 0.350 e. The van der Waals surface area contributed by atoms with E-state index >= 15 is 0 Å². The highest BCUT2D eigenvalue weighted by molar-refractivity contribution is 7.92. The van der Waals surface area contributed by atoms with Crippen LogP contribution in [0, 0.1) is 11.7 Å². The number of hydrogen-bond acceptors (Lipinski definition) is 4. The van der Waals surface area contributed by atoms with Crippen LogP contribution in [-0.2, 0) is 26.8 Å². The molecule has 4 rings (SSSR count). The molecule has 39 heavy (non-hydrogen) atoms. The second-order valence-electron chi connectivity index (χ2n) is 11.4. The van der Waals surface area contributed by atoms with Crippen molar-refractivity contribution in [2.45, 2.75) is 70.8 Å². The SMILES string of the molecule is CC(C)(C)c1cc(CNC(=O)C(c2ccc(NS(C)(=O)=O)c(F)c2)C2CCCCC2)n(-c2cccc(Cl)c2)n1. The molecule has 0 radical (unpaired) electrons. The summed E-state index contributed by atoms with van der Waals surface area (Å²) in [6.45, 7) is 6.47. The topological polar surface area (TPSA) is 93.1 Å². The Morgan fingerprint density at radius 2 is 1.85 bits per heavy atom. The quantitative estimate of drug-likeness (QED) is 0.329. The van der Waals surface area contributed by atoms with Crippen LogP contribution in [-0.4, -0.2) is 30.4 Å². The van der Waals surface area contributed by atoms with E-state index in [0.717, 1.165) is 55.4 Å². The Morgan fingerprint density at radius 1 is 1.13 bits per heavy atom. The fraction of sp³-hybridized carbons (Fsp3) is 0.448. The third kappa shape index (κ3) is 7.39. The molecule has 1 aromatic heterocycles. The molecule has 0 saturated heterocycles. The van der Waals surface area contributed by atoms with E-state index in [2.05, 4.69) is 30.8 Å². The van der Waals surface area contributed by atoms with Gasteiger partial charge in [0.25, 0.3) is 0 Å². The summed E-state index contributed by atoms with van der Waals surface area (Å²) in [7, 11) is -3.63. The Kier molecular flexibility index (Phi) is 8.71. The van der Waals surface area contributed by atoms with Crippen molar-refractivity contribution in [2.24, 2.45) is 5.92 Å². The molecular weight excluding hydrogens is 539 g/mol. The lowest BCUT2D eigenvalue weighted by Crippen LogP contribution is -2.34. The molecule has 1 aliphatic carbocycles. The van der Waals surface area contributed by atoms with E-state index in [9.17, 15) is 17.6 Å². The van der Waals surface area contributed by atoms with Gasteiger partial charge in [-0.1, -0.05) is 63.8 Å². The first-order valence-electron chi connectivity index (χ1n) is 13.2. The number of nitrogens with one attached hydrogen (secondary N) is 2. The van der Waals surface area contributed by atoms with Crippen molar-refractivity contribution in [3.63, 3.8) is 0 Å². The van der Waals surface area contributed by atoms with Gasteiger partial charge in [-0.25, -0.2) is 17.5 Å². The van der Waals surface area contributed by atoms with Crippen LogP contribution in [0.2, 0.25) is 5.02 Å². The van der Waals surface area contributed by atoms with Crippen molar-refractivity contribution in [3.05, 3.63) is 76.3 Å². The number of benzene rings is 2. The van der Waals surface area contributed by atoms with E-state index in [1.54, 1.807) is 16.8 Å². The molecule has 1 aliphatic rings. The van der Waals surface area contributed by atoms with Gasteiger partial charge in [0.2, 0.25) is 15.9 Å². The number of anilines is 1. The van der Waals surface area contributed by atoms with Crippen LogP contribution in [0.15, 0.2) is 48.5 Å². The number of hydrogen-bond donors (Lipinski definition) is 2. The molecule has 210 valence electrons. The Labute approximate surface area is 235 Å². The third-order valence-electron chi connectivity index (χ3n) is 7.10. The minimum Gasteiger partial charge on any atom is -0.350 e. The summed E-state index contributed by atoms with van der Waals surface area (Å²) in [5.74, 6) is -1.40. The molecule has 2 N–H and O–H groups in total. The fourth-order valence-corrected chi connectivity index (χ4v) is 5.89. The van der Waals surface area contributed by atoms with Gasteiger partial charge < -0.3 is 5.32 Å². The number of aromatic nitrogens is 2. The average Bonchev–Trinajstić information content (AvgIpc) is 3.30. The fourth-order valence-electron chi connectivity index (χ4n) is 5.14. The first kappa shape index (κ1) is 29.1. The van der Waals surface area contributed by atoms with E-state index in [1.165, 1.54) is 12.1 Å².